The van der Waals surface area contributed by atoms with Crippen LogP contribution in [0.5, 0.6) is 0 Å². The molecule has 1 rings (SSSR count). The van der Waals surface area contributed by atoms with Gasteiger partial charge in [-0.3, -0.25) is 4.79 Å². The monoisotopic (exact) mass is 268 g/mol. The molecule has 0 saturated carbocycles. The van der Waals surface area contributed by atoms with E-state index >= 15 is 0 Å². The Morgan fingerprint density at radius 3 is 2.63 bits per heavy atom. The molecule has 1 atom stereocenters. The van der Waals surface area contributed by atoms with Gasteiger partial charge in [-0.2, -0.15) is 5.10 Å². The highest BCUT2D eigenvalue weighted by molar-refractivity contribution is 5.75. The Bertz CT molecular complexity index is 403. The van der Waals surface area contributed by atoms with Gasteiger partial charge in [-0.25, -0.2) is 9.67 Å². The number of nitrogens with one attached hydrogen (secondary N) is 1. The molecule has 1 aromatic heterocycles. The van der Waals surface area contributed by atoms with Crippen molar-refractivity contribution in [2.24, 2.45) is 0 Å². The highest BCUT2D eigenvalue weighted by Crippen LogP contribution is 2.03. The number of nitrogens with zero attached hydrogens (tertiary/aromatic N) is 3. The third-order valence-corrected chi connectivity index (χ3v) is 2.91. The molecule has 0 bridgehead atoms. The van der Waals surface area contributed by atoms with Gasteiger partial charge in [-0.15, -0.1) is 0 Å². The lowest BCUT2D eigenvalue weighted by Crippen LogP contribution is -2.42. The van der Waals surface area contributed by atoms with Crippen molar-refractivity contribution in [3.63, 3.8) is 0 Å². The maximum absolute atomic E-state index is 11.8. The number of hydrogen-bond acceptors (Lipinski definition) is 5. The van der Waals surface area contributed by atoms with E-state index in [0.29, 0.717) is 6.54 Å². The van der Waals surface area contributed by atoms with Crippen molar-refractivity contribution in [3.05, 3.63) is 11.6 Å². The highest BCUT2D eigenvalue weighted by Gasteiger charge is 2.21. The summed E-state index contributed by atoms with van der Waals surface area (Å²) in [6.45, 7) is 7.35. The first kappa shape index (κ1) is 15.6. The minimum atomic E-state index is -0.373. The van der Waals surface area contributed by atoms with Crippen LogP contribution in [0.4, 0.5) is 0 Å². The summed E-state index contributed by atoms with van der Waals surface area (Å²) in [5, 5.41) is 7.61. The van der Waals surface area contributed by atoms with Gasteiger partial charge in [-0.1, -0.05) is 20.8 Å². The number of esters is 1. The molecule has 0 spiro atoms. The van der Waals surface area contributed by atoms with E-state index in [-0.39, 0.29) is 12.0 Å². The van der Waals surface area contributed by atoms with Crippen molar-refractivity contribution in [1.29, 1.82) is 0 Å². The van der Waals surface area contributed by atoms with Gasteiger partial charge in [0.15, 0.2) is 5.82 Å². The summed E-state index contributed by atoms with van der Waals surface area (Å²) in [6.07, 6.45) is 2.56. The molecule has 19 heavy (non-hydrogen) atoms. The fraction of sp³-hybridized carbons (Fsp3) is 0.769. The third-order valence-electron chi connectivity index (χ3n) is 2.91. The van der Waals surface area contributed by atoms with Crippen molar-refractivity contribution in [2.45, 2.75) is 52.6 Å². The Hall–Kier alpha value is -1.43. The lowest BCUT2D eigenvalue weighted by Gasteiger charge is -2.16. The van der Waals surface area contributed by atoms with E-state index in [4.69, 9.17) is 4.74 Å². The molecule has 0 amide bonds. The first-order valence-corrected chi connectivity index (χ1v) is 6.89. The van der Waals surface area contributed by atoms with Crippen LogP contribution in [0.15, 0.2) is 0 Å². The smallest absolute Gasteiger partial charge is 0.324 e. The van der Waals surface area contributed by atoms with Gasteiger partial charge in [-0.05, 0) is 13.0 Å². The van der Waals surface area contributed by atoms with Gasteiger partial charge < -0.3 is 10.1 Å². The minimum Gasteiger partial charge on any atom is -0.468 e. The predicted molar refractivity (Wildman–Crippen MR) is 72.9 cm³/mol. The van der Waals surface area contributed by atoms with Crippen LogP contribution in [0.2, 0.25) is 0 Å². The molecule has 1 N–H and O–H groups in total. The summed E-state index contributed by atoms with van der Waals surface area (Å²) in [6, 6.07) is -0.373. The fourth-order valence-electron chi connectivity index (χ4n) is 1.84. The Morgan fingerprint density at radius 2 is 2.11 bits per heavy atom. The van der Waals surface area contributed by atoms with E-state index in [1.54, 1.807) is 0 Å². The standard InChI is InChI=1S/C13H24N4O2/c1-5-8-14-10(13(18)19-4)9-17-12(7-3)15-11(6-2)16-17/h10,14H,5-9H2,1-4H3. The third kappa shape index (κ3) is 4.31. The van der Waals surface area contributed by atoms with Gasteiger partial charge in [0, 0.05) is 12.8 Å². The first-order valence-electron chi connectivity index (χ1n) is 6.89. The Kier molecular flexibility index (Phi) is 6.49. The second kappa shape index (κ2) is 7.89. The van der Waals surface area contributed by atoms with Crippen LogP contribution in [0.1, 0.15) is 38.8 Å². The maximum atomic E-state index is 11.8. The second-order valence-corrected chi connectivity index (χ2v) is 4.36. The number of methoxy groups -OCH3 is 1. The Balaban J connectivity index is 2.82. The Labute approximate surface area is 114 Å². The molecule has 0 aliphatic carbocycles. The van der Waals surface area contributed by atoms with Crippen LogP contribution >= 0.6 is 0 Å². The molecule has 1 unspecified atom stereocenters. The van der Waals surface area contributed by atoms with E-state index in [0.717, 1.165) is 37.5 Å². The molecule has 0 aliphatic heterocycles. The van der Waals surface area contributed by atoms with Crippen LogP contribution in [0.25, 0.3) is 0 Å². The summed E-state index contributed by atoms with van der Waals surface area (Å²) in [5.41, 5.74) is 0. The largest absolute Gasteiger partial charge is 0.468 e. The van der Waals surface area contributed by atoms with Crippen LogP contribution in [-0.4, -0.2) is 40.4 Å². The maximum Gasteiger partial charge on any atom is 0.324 e. The SMILES string of the molecule is CCCNC(Cn1nc(CC)nc1CC)C(=O)OC. The van der Waals surface area contributed by atoms with Crippen LogP contribution < -0.4 is 5.32 Å². The lowest BCUT2D eigenvalue weighted by molar-refractivity contribution is -0.143. The summed E-state index contributed by atoms with van der Waals surface area (Å²) >= 11 is 0. The number of carbonyl (C=O) groups is 1. The molecule has 108 valence electrons. The summed E-state index contributed by atoms with van der Waals surface area (Å²) in [7, 11) is 1.41. The zero-order valence-electron chi connectivity index (χ0n) is 12.3. The molecule has 0 saturated heterocycles. The molecule has 0 radical (unpaired) electrons. The van der Waals surface area contributed by atoms with Crippen molar-refractivity contribution in [2.75, 3.05) is 13.7 Å². The molecule has 6 heteroatoms. The number of hydrogen-bond donors (Lipinski definition) is 1. The van der Waals surface area contributed by atoms with Gasteiger partial charge in [0.25, 0.3) is 0 Å². The number of ether oxygens (including phenoxy) is 1. The molecular formula is C13H24N4O2. The van der Waals surface area contributed by atoms with Crippen LogP contribution in [0.3, 0.4) is 0 Å². The average molecular weight is 268 g/mol. The Morgan fingerprint density at radius 1 is 1.37 bits per heavy atom. The zero-order chi connectivity index (χ0) is 14.3. The van der Waals surface area contributed by atoms with Crippen molar-refractivity contribution in [1.82, 2.24) is 20.1 Å². The van der Waals surface area contributed by atoms with E-state index < -0.39 is 0 Å². The van der Waals surface area contributed by atoms with E-state index in [2.05, 4.69) is 22.3 Å². The van der Waals surface area contributed by atoms with E-state index in [9.17, 15) is 4.79 Å². The molecule has 6 nitrogen and oxygen atoms in total. The zero-order valence-corrected chi connectivity index (χ0v) is 12.3. The van der Waals surface area contributed by atoms with Gasteiger partial charge >= 0.3 is 5.97 Å². The number of carbonyl (C=O) groups excluding carboxylic acids is 1. The quantitative estimate of drug-likeness (QED) is 0.711. The molecular weight excluding hydrogens is 244 g/mol. The molecule has 0 aromatic carbocycles. The fourth-order valence-corrected chi connectivity index (χ4v) is 1.84. The van der Waals surface area contributed by atoms with Crippen molar-refractivity contribution < 1.29 is 9.53 Å². The molecule has 0 aliphatic rings. The molecule has 1 aromatic rings. The van der Waals surface area contributed by atoms with Crippen LogP contribution in [-0.2, 0) is 28.9 Å². The number of aryl methyl sites for hydroxylation is 2. The van der Waals surface area contributed by atoms with E-state index in [1.165, 1.54) is 7.11 Å². The average Bonchev–Trinajstić information content (AvgIpc) is 2.84. The van der Waals surface area contributed by atoms with Crippen molar-refractivity contribution >= 4 is 5.97 Å². The summed E-state index contributed by atoms with van der Waals surface area (Å²) in [4.78, 5) is 16.2. The molecule has 0 fully saturated rings. The minimum absolute atomic E-state index is 0.260. The summed E-state index contributed by atoms with van der Waals surface area (Å²) < 4.78 is 6.63. The van der Waals surface area contributed by atoms with Crippen LogP contribution in [0, 0.1) is 0 Å². The first-order chi connectivity index (χ1) is 9.15. The second-order valence-electron chi connectivity index (χ2n) is 4.36. The lowest BCUT2D eigenvalue weighted by atomic mass is 10.2. The van der Waals surface area contributed by atoms with Crippen molar-refractivity contribution in [3.8, 4) is 0 Å². The normalized spacial score (nSPS) is 12.4. The topological polar surface area (TPSA) is 69.0 Å². The summed E-state index contributed by atoms with van der Waals surface area (Å²) in [5.74, 6) is 1.46. The van der Waals surface area contributed by atoms with E-state index in [1.807, 2.05) is 18.5 Å². The van der Waals surface area contributed by atoms with Gasteiger partial charge in [0.1, 0.15) is 11.9 Å². The van der Waals surface area contributed by atoms with Gasteiger partial charge in [0.05, 0.1) is 13.7 Å². The molecule has 1 heterocycles. The van der Waals surface area contributed by atoms with Gasteiger partial charge in [0.2, 0.25) is 0 Å². The number of rotatable bonds is 8. The highest BCUT2D eigenvalue weighted by atomic mass is 16.5. The number of aromatic nitrogens is 3. The predicted octanol–water partition coefficient (Wildman–Crippen LogP) is 0.944.